The second-order valence-corrected chi connectivity index (χ2v) is 7.41. The molecule has 1 aromatic carbocycles. The predicted molar refractivity (Wildman–Crippen MR) is 102 cm³/mol. The third-order valence-corrected chi connectivity index (χ3v) is 5.64. The van der Waals surface area contributed by atoms with Gasteiger partial charge in [0, 0.05) is 24.2 Å². The SMILES string of the molecule is COc1ccc(C(=O)NC2CCCN(C3CCN(C)CC3)C2)cc1OC. The maximum Gasteiger partial charge on any atom is 0.251 e. The molecule has 26 heavy (non-hydrogen) atoms. The number of amides is 1. The van der Waals surface area contributed by atoms with Crippen LogP contribution in [-0.4, -0.2) is 75.2 Å². The number of carbonyl (C=O) groups is 1. The summed E-state index contributed by atoms with van der Waals surface area (Å²) in [7, 11) is 5.37. The average Bonchev–Trinajstić information content (AvgIpc) is 2.68. The van der Waals surface area contributed by atoms with Crippen molar-refractivity contribution in [3.8, 4) is 11.5 Å². The monoisotopic (exact) mass is 361 g/mol. The Morgan fingerprint density at radius 2 is 1.81 bits per heavy atom. The number of hydrogen-bond donors (Lipinski definition) is 1. The summed E-state index contributed by atoms with van der Waals surface area (Å²) in [5.41, 5.74) is 0.610. The van der Waals surface area contributed by atoms with Crippen LogP contribution in [0.1, 0.15) is 36.0 Å². The summed E-state index contributed by atoms with van der Waals surface area (Å²) in [5.74, 6) is 1.17. The van der Waals surface area contributed by atoms with E-state index in [1.807, 2.05) is 0 Å². The van der Waals surface area contributed by atoms with Gasteiger partial charge in [-0.1, -0.05) is 0 Å². The molecule has 6 heteroatoms. The number of carbonyl (C=O) groups excluding carboxylic acids is 1. The van der Waals surface area contributed by atoms with E-state index in [9.17, 15) is 4.79 Å². The summed E-state index contributed by atoms with van der Waals surface area (Å²) >= 11 is 0. The zero-order valence-corrected chi connectivity index (χ0v) is 16.2. The molecule has 0 aromatic heterocycles. The highest BCUT2D eigenvalue weighted by molar-refractivity contribution is 5.95. The van der Waals surface area contributed by atoms with Gasteiger partial charge in [-0.2, -0.15) is 0 Å². The maximum absolute atomic E-state index is 12.7. The summed E-state index contributed by atoms with van der Waals surface area (Å²) < 4.78 is 10.5. The molecule has 0 spiro atoms. The summed E-state index contributed by atoms with van der Waals surface area (Å²) in [6.07, 6.45) is 4.64. The van der Waals surface area contributed by atoms with Gasteiger partial charge in [-0.05, 0) is 70.6 Å². The molecular weight excluding hydrogens is 330 g/mol. The van der Waals surface area contributed by atoms with Crippen molar-refractivity contribution in [1.82, 2.24) is 15.1 Å². The first-order valence-electron chi connectivity index (χ1n) is 9.56. The molecule has 0 bridgehead atoms. The third kappa shape index (κ3) is 4.48. The Labute approximate surface area is 156 Å². The van der Waals surface area contributed by atoms with E-state index in [2.05, 4.69) is 22.2 Å². The molecule has 2 heterocycles. The molecule has 6 nitrogen and oxygen atoms in total. The minimum Gasteiger partial charge on any atom is -0.493 e. The van der Waals surface area contributed by atoms with Crippen LogP contribution in [-0.2, 0) is 0 Å². The lowest BCUT2D eigenvalue weighted by Crippen LogP contribution is -2.53. The fourth-order valence-corrected chi connectivity index (χ4v) is 4.06. The minimum absolute atomic E-state index is 0.0406. The van der Waals surface area contributed by atoms with Gasteiger partial charge in [0.2, 0.25) is 0 Å². The van der Waals surface area contributed by atoms with Crippen molar-refractivity contribution >= 4 is 5.91 Å². The van der Waals surface area contributed by atoms with Gasteiger partial charge in [0.05, 0.1) is 14.2 Å². The van der Waals surface area contributed by atoms with E-state index in [0.717, 1.165) is 25.9 Å². The van der Waals surface area contributed by atoms with Crippen LogP contribution < -0.4 is 14.8 Å². The molecule has 2 saturated heterocycles. The zero-order chi connectivity index (χ0) is 18.5. The van der Waals surface area contributed by atoms with Crippen LogP contribution in [0.2, 0.25) is 0 Å². The molecule has 1 atom stereocenters. The first-order chi connectivity index (χ1) is 12.6. The first kappa shape index (κ1) is 19.0. The average molecular weight is 361 g/mol. The summed E-state index contributed by atoms with van der Waals surface area (Å²) in [6, 6.07) is 6.18. The Morgan fingerprint density at radius 1 is 1.08 bits per heavy atom. The quantitative estimate of drug-likeness (QED) is 0.869. The van der Waals surface area contributed by atoms with Crippen molar-refractivity contribution in [2.24, 2.45) is 0 Å². The Kier molecular flexibility index (Phi) is 6.38. The fraction of sp³-hybridized carbons (Fsp3) is 0.650. The normalized spacial score (nSPS) is 22.8. The van der Waals surface area contributed by atoms with Crippen LogP contribution in [0.3, 0.4) is 0 Å². The second kappa shape index (κ2) is 8.73. The van der Waals surface area contributed by atoms with E-state index in [4.69, 9.17) is 9.47 Å². The predicted octanol–water partition coefficient (Wildman–Crippen LogP) is 1.99. The molecule has 3 rings (SSSR count). The molecule has 2 aliphatic heterocycles. The van der Waals surface area contributed by atoms with Gasteiger partial charge in [0.25, 0.3) is 5.91 Å². The number of hydrogen-bond acceptors (Lipinski definition) is 5. The minimum atomic E-state index is -0.0406. The highest BCUT2D eigenvalue weighted by atomic mass is 16.5. The van der Waals surface area contributed by atoms with Gasteiger partial charge >= 0.3 is 0 Å². The van der Waals surface area contributed by atoms with Gasteiger partial charge < -0.3 is 19.7 Å². The van der Waals surface area contributed by atoms with Crippen molar-refractivity contribution in [2.45, 2.75) is 37.8 Å². The molecule has 1 N–H and O–H groups in total. The molecule has 2 aliphatic rings. The Hall–Kier alpha value is -1.79. The standard InChI is InChI=1S/C20H31N3O3/c1-22-11-8-17(9-12-22)23-10-4-5-16(14-23)21-20(24)15-6-7-18(25-2)19(13-15)26-3/h6-7,13,16-17H,4-5,8-12,14H2,1-3H3,(H,21,24). The molecule has 0 aliphatic carbocycles. The summed E-state index contributed by atoms with van der Waals surface area (Å²) in [4.78, 5) is 17.7. The largest absolute Gasteiger partial charge is 0.493 e. The lowest BCUT2D eigenvalue weighted by atomic mass is 9.98. The molecular formula is C20H31N3O3. The zero-order valence-electron chi connectivity index (χ0n) is 16.2. The van der Waals surface area contributed by atoms with Gasteiger partial charge in [-0.15, -0.1) is 0 Å². The van der Waals surface area contributed by atoms with E-state index in [-0.39, 0.29) is 11.9 Å². The number of nitrogens with one attached hydrogen (secondary N) is 1. The van der Waals surface area contributed by atoms with Gasteiger partial charge in [0.15, 0.2) is 11.5 Å². The van der Waals surface area contributed by atoms with Crippen molar-refractivity contribution < 1.29 is 14.3 Å². The van der Waals surface area contributed by atoms with Crippen molar-refractivity contribution in [1.29, 1.82) is 0 Å². The van der Waals surface area contributed by atoms with E-state index in [1.165, 1.54) is 25.9 Å². The summed E-state index contributed by atoms with van der Waals surface area (Å²) in [6.45, 7) is 4.44. The second-order valence-electron chi connectivity index (χ2n) is 7.41. The molecule has 1 unspecified atom stereocenters. The Bertz CT molecular complexity index is 614. The fourth-order valence-electron chi connectivity index (χ4n) is 4.06. The van der Waals surface area contributed by atoms with Gasteiger partial charge in [-0.3, -0.25) is 9.69 Å². The van der Waals surface area contributed by atoms with Crippen LogP contribution in [0.4, 0.5) is 0 Å². The third-order valence-electron chi connectivity index (χ3n) is 5.64. The number of nitrogens with zero attached hydrogens (tertiary/aromatic N) is 2. The van der Waals surface area contributed by atoms with Gasteiger partial charge in [0.1, 0.15) is 0 Å². The highest BCUT2D eigenvalue weighted by Gasteiger charge is 2.29. The molecule has 2 fully saturated rings. The molecule has 1 aromatic rings. The van der Waals surface area contributed by atoms with Crippen LogP contribution >= 0.6 is 0 Å². The van der Waals surface area contributed by atoms with E-state index in [0.29, 0.717) is 23.1 Å². The summed E-state index contributed by atoms with van der Waals surface area (Å²) in [5, 5.41) is 3.21. The number of rotatable bonds is 5. The van der Waals surface area contributed by atoms with Crippen LogP contribution in [0, 0.1) is 0 Å². The maximum atomic E-state index is 12.7. The van der Waals surface area contributed by atoms with Crippen molar-refractivity contribution in [3.63, 3.8) is 0 Å². The number of ether oxygens (including phenoxy) is 2. The Morgan fingerprint density at radius 3 is 2.50 bits per heavy atom. The van der Waals surface area contributed by atoms with E-state index in [1.54, 1.807) is 32.4 Å². The van der Waals surface area contributed by atoms with Crippen LogP contribution in [0.25, 0.3) is 0 Å². The lowest BCUT2D eigenvalue weighted by Gasteiger charge is -2.41. The molecule has 0 radical (unpaired) electrons. The van der Waals surface area contributed by atoms with Crippen molar-refractivity contribution in [3.05, 3.63) is 23.8 Å². The number of likely N-dealkylation sites (tertiary alicyclic amines) is 2. The van der Waals surface area contributed by atoms with Gasteiger partial charge in [-0.25, -0.2) is 0 Å². The van der Waals surface area contributed by atoms with E-state index < -0.39 is 0 Å². The molecule has 144 valence electrons. The smallest absolute Gasteiger partial charge is 0.251 e. The first-order valence-corrected chi connectivity index (χ1v) is 9.56. The highest BCUT2D eigenvalue weighted by Crippen LogP contribution is 2.27. The van der Waals surface area contributed by atoms with Crippen LogP contribution in [0.15, 0.2) is 18.2 Å². The van der Waals surface area contributed by atoms with Crippen molar-refractivity contribution in [2.75, 3.05) is 47.4 Å². The topological polar surface area (TPSA) is 54.0 Å². The number of methoxy groups -OCH3 is 2. The van der Waals surface area contributed by atoms with Crippen LogP contribution in [0.5, 0.6) is 11.5 Å². The molecule has 1 amide bonds. The Balaban J connectivity index is 1.58. The number of piperidine rings is 2. The van der Waals surface area contributed by atoms with E-state index >= 15 is 0 Å². The number of benzene rings is 1. The lowest BCUT2D eigenvalue weighted by molar-refractivity contribution is 0.0766. The molecule has 0 saturated carbocycles.